The molecular formula is C26H22ClN3O4S. The van der Waals surface area contributed by atoms with E-state index in [1.165, 1.54) is 6.07 Å². The molecule has 1 aliphatic rings. The Kier molecular flexibility index (Phi) is 7.14. The third-order valence-corrected chi connectivity index (χ3v) is 6.01. The first kappa shape index (κ1) is 24.4. The van der Waals surface area contributed by atoms with Crippen LogP contribution in [-0.4, -0.2) is 28.9 Å². The number of hydrogen-bond donors (Lipinski definition) is 2. The fourth-order valence-electron chi connectivity index (χ4n) is 3.52. The highest BCUT2D eigenvalue weighted by Crippen LogP contribution is 2.32. The van der Waals surface area contributed by atoms with Gasteiger partial charge in [-0.15, -0.1) is 0 Å². The fourth-order valence-corrected chi connectivity index (χ4v) is 3.95. The van der Waals surface area contributed by atoms with Crippen molar-refractivity contribution in [3.63, 3.8) is 0 Å². The molecule has 178 valence electrons. The number of anilines is 2. The minimum absolute atomic E-state index is 0.0291. The largest absolute Gasteiger partial charge is 0.491 e. The van der Waals surface area contributed by atoms with Crippen molar-refractivity contribution in [1.29, 1.82) is 0 Å². The van der Waals surface area contributed by atoms with Crippen LogP contribution in [-0.2, 0) is 0 Å². The van der Waals surface area contributed by atoms with Crippen molar-refractivity contribution >= 4 is 58.0 Å². The number of thiocarbonyl (C=S) groups is 1. The van der Waals surface area contributed by atoms with Crippen LogP contribution in [0.4, 0.5) is 11.4 Å². The zero-order chi connectivity index (χ0) is 25.1. The van der Waals surface area contributed by atoms with E-state index in [1.54, 1.807) is 60.7 Å². The molecule has 1 heterocycles. The Balaban J connectivity index is 1.43. The molecule has 0 aliphatic carbocycles. The third-order valence-electron chi connectivity index (χ3n) is 5.49. The molecule has 0 bridgehead atoms. The first-order chi connectivity index (χ1) is 16.8. The normalized spacial score (nSPS) is 13.3. The summed E-state index contributed by atoms with van der Waals surface area (Å²) in [5, 5.41) is 5.75. The highest BCUT2D eigenvalue weighted by atomic mass is 35.5. The van der Waals surface area contributed by atoms with Gasteiger partial charge in [0.25, 0.3) is 17.7 Å². The Morgan fingerprint density at radius 2 is 1.71 bits per heavy atom. The summed E-state index contributed by atoms with van der Waals surface area (Å²) in [6.45, 7) is 3.97. The molecule has 9 heteroatoms. The van der Waals surface area contributed by atoms with Crippen LogP contribution in [0.2, 0.25) is 5.02 Å². The summed E-state index contributed by atoms with van der Waals surface area (Å²) in [6, 6.07) is 18.1. The van der Waals surface area contributed by atoms with Gasteiger partial charge in [-0.25, -0.2) is 4.90 Å². The predicted molar refractivity (Wildman–Crippen MR) is 140 cm³/mol. The second kappa shape index (κ2) is 10.2. The summed E-state index contributed by atoms with van der Waals surface area (Å²) < 4.78 is 5.76. The molecule has 3 aromatic rings. The SMILES string of the molecule is CC[C@H](C)Oc1cccc(C(=O)NC(=S)Nc2ccc(N3C(=O)c4ccccc4C3=O)cc2Cl)c1. The molecule has 2 N–H and O–H groups in total. The lowest BCUT2D eigenvalue weighted by atomic mass is 10.1. The van der Waals surface area contributed by atoms with Crippen LogP contribution in [0.1, 0.15) is 51.3 Å². The number of carbonyl (C=O) groups is 3. The molecule has 35 heavy (non-hydrogen) atoms. The second-order valence-electron chi connectivity index (χ2n) is 7.93. The van der Waals surface area contributed by atoms with Crippen molar-refractivity contribution in [2.45, 2.75) is 26.4 Å². The highest BCUT2D eigenvalue weighted by Gasteiger charge is 2.36. The van der Waals surface area contributed by atoms with Gasteiger partial charge in [-0.1, -0.05) is 36.7 Å². The molecular weight excluding hydrogens is 486 g/mol. The van der Waals surface area contributed by atoms with E-state index in [4.69, 9.17) is 28.6 Å². The highest BCUT2D eigenvalue weighted by molar-refractivity contribution is 7.80. The number of imide groups is 1. The van der Waals surface area contributed by atoms with Gasteiger partial charge in [-0.2, -0.15) is 0 Å². The minimum atomic E-state index is -0.412. The van der Waals surface area contributed by atoms with Gasteiger partial charge < -0.3 is 10.1 Å². The van der Waals surface area contributed by atoms with Crippen LogP contribution in [0.25, 0.3) is 0 Å². The third kappa shape index (κ3) is 5.18. The smallest absolute Gasteiger partial charge is 0.266 e. The van der Waals surface area contributed by atoms with Crippen LogP contribution in [0, 0.1) is 0 Å². The van der Waals surface area contributed by atoms with E-state index in [2.05, 4.69) is 10.6 Å². The summed E-state index contributed by atoms with van der Waals surface area (Å²) >= 11 is 11.7. The molecule has 1 aliphatic heterocycles. The van der Waals surface area contributed by atoms with E-state index in [9.17, 15) is 14.4 Å². The average Bonchev–Trinajstić information content (AvgIpc) is 3.10. The lowest BCUT2D eigenvalue weighted by Crippen LogP contribution is -2.34. The summed E-state index contributed by atoms with van der Waals surface area (Å²) in [6.07, 6.45) is 0.873. The average molecular weight is 508 g/mol. The van der Waals surface area contributed by atoms with E-state index in [0.717, 1.165) is 11.3 Å². The van der Waals surface area contributed by atoms with Crippen molar-refractivity contribution in [3.8, 4) is 5.75 Å². The maximum atomic E-state index is 12.7. The maximum Gasteiger partial charge on any atom is 0.266 e. The number of fused-ring (bicyclic) bond motifs is 1. The quantitative estimate of drug-likeness (QED) is 0.341. The Morgan fingerprint density at radius 1 is 1.03 bits per heavy atom. The summed E-state index contributed by atoms with van der Waals surface area (Å²) in [4.78, 5) is 39.1. The number of rotatable bonds is 6. The van der Waals surface area contributed by atoms with Gasteiger partial charge in [-0.05, 0) is 74.1 Å². The lowest BCUT2D eigenvalue weighted by molar-refractivity contribution is 0.0923. The Morgan fingerprint density at radius 3 is 2.34 bits per heavy atom. The molecule has 7 nitrogen and oxygen atoms in total. The molecule has 0 fully saturated rings. The Bertz CT molecular complexity index is 1310. The lowest BCUT2D eigenvalue weighted by Gasteiger charge is -2.17. The van der Waals surface area contributed by atoms with E-state index in [0.29, 0.717) is 33.8 Å². The van der Waals surface area contributed by atoms with Crippen molar-refractivity contribution in [1.82, 2.24) is 5.32 Å². The molecule has 3 amide bonds. The topological polar surface area (TPSA) is 87.7 Å². The molecule has 3 aromatic carbocycles. The predicted octanol–water partition coefficient (Wildman–Crippen LogP) is 5.44. The number of nitrogens with one attached hydrogen (secondary N) is 2. The van der Waals surface area contributed by atoms with Crippen LogP contribution in [0.5, 0.6) is 5.75 Å². The molecule has 4 rings (SSSR count). The van der Waals surface area contributed by atoms with E-state index < -0.39 is 17.7 Å². The van der Waals surface area contributed by atoms with E-state index in [-0.39, 0.29) is 16.2 Å². The van der Waals surface area contributed by atoms with Gasteiger partial charge in [0, 0.05) is 5.56 Å². The molecule has 0 radical (unpaired) electrons. The van der Waals surface area contributed by atoms with Gasteiger partial charge in [-0.3, -0.25) is 19.7 Å². The standard InChI is InChI=1S/C26H22ClN3O4S/c1-3-15(2)34-18-8-6-7-16(13-18)23(31)29-26(35)28-22-12-11-17(14-21(22)27)30-24(32)19-9-4-5-10-20(19)25(30)33/h4-15H,3H2,1-2H3,(H2,28,29,31,35)/t15-/m0/s1. The summed E-state index contributed by atoms with van der Waals surface area (Å²) in [7, 11) is 0. The zero-order valence-corrected chi connectivity index (χ0v) is 20.6. The van der Waals surface area contributed by atoms with Crippen LogP contribution in [0.3, 0.4) is 0 Å². The fraction of sp³-hybridized carbons (Fsp3) is 0.154. The van der Waals surface area contributed by atoms with Crippen LogP contribution < -0.4 is 20.3 Å². The first-order valence-electron chi connectivity index (χ1n) is 10.9. The second-order valence-corrected chi connectivity index (χ2v) is 8.74. The molecule has 0 aromatic heterocycles. The van der Waals surface area contributed by atoms with Crippen molar-refractivity contribution in [2.24, 2.45) is 0 Å². The van der Waals surface area contributed by atoms with Gasteiger partial charge in [0.2, 0.25) is 0 Å². The monoisotopic (exact) mass is 507 g/mol. The Hall–Kier alpha value is -3.75. The zero-order valence-electron chi connectivity index (χ0n) is 19.0. The summed E-state index contributed by atoms with van der Waals surface area (Å²) in [5.41, 5.74) is 1.82. The van der Waals surface area contributed by atoms with Crippen molar-refractivity contribution in [3.05, 3.63) is 88.4 Å². The minimum Gasteiger partial charge on any atom is -0.491 e. The van der Waals surface area contributed by atoms with Crippen molar-refractivity contribution < 1.29 is 19.1 Å². The number of ether oxygens (including phenoxy) is 1. The van der Waals surface area contributed by atoms with Gasteiger partial charge in [0.1, 0.15) is 5.75 Å². The van der Waals surface area contributed by atoms with Crippen LogP contribution in [0.15, 0.2) is 66.7 Å². The molecule has 0 unspecified atom stereocenters. The summed E-state index contributed by atoms with van der Waals surface area (Å²) in [5.74, 6) is -0.636. The van der Waals surface area contributed by atoms with E-state index >= 15 is 0 Å². The van der Waals surface area contributed by atoms with Gasteiger partial charge in [0.15, 0.2) is 5.11 Å². The van der Waals surface area contributed by atoms with Gasteiger partial charge in [0.05, 0.1) is 33.6 Å². The molecule has 0 saturated heterocycles. The molecule has 0 spiro atoms. The first-order valence-corrected chi connectivity index (χ1v) is 11.7. The Labute approximate surface area is 213 Å². The van der Waals surface area contributed by atoms with Gasteiger partial charge >= 0.3 is 0 Å². The van der Waals surface area contributed by atoms with Crippen molar-refractivity contribution in [2.75, 3.05) is 10.2 Å². The number of halogens is 1. The number of carbonyl (C=O) groups excluding carboxylic acids is 3. The number of hydrogen-bond acceptors (Lipinski definition) is 5. The number of nitrogens with zero attached hydrogens (tertiary/aromatic N) is 1. The van der Waals surface area contributed by atoms with E-state index in [1.807, 2.05) is 13.8 Å². The number of benzene rings is 3. The molecule has 0 saturated carbocycles. The van der Waals surface area contributed by atoms with Crippen LogP contribution >= 0.6 is 23.8 Å². The number of amides is 3. The maximum absolute atomic E-state index is 12.7. The molecule has 1 atom stereocenters.